The number of fused-ring (bicyclic) bond motifs is 1. The van der Waals surface area contributed by atoms with Gasteiger partial charge < -0.3 is 23.7 Å². The van der Waals surface area contributed by atoms with Crippen LogP contribution in [-0.4, -0.2) is 56.6 Å². The number of carbonyl (C=O) groups is 2. The van der Waals surface area contributed by atoms with Crippen LogP contribution < -0.4 is 29.0 Å². The van der Waals surface area contributed by atoms with Gasteiger partial charge in [-0.05, 0) is 42.0 Å². The Kier molecular flexibility index (Phi) is 8.99. The van der Waals surface area contributed by atoms with Crippen LogP contribution in [0.15, 0.2) is 54.6 Å². The molecule has 0 atom stereocenters. The van der Waals surface area contributed by atoms with Crippen molar-refractivity contribution in [3.05, 3.63) is 75.8 Å². The molecule has 1 amide bonds. The number of anilines is 1. The van der Waals surface area contributed by atoms with Crippen molar-refractivity contribution in [2.45, 2.75) is 0 Å². The highest BCUT2D eigenvalue weighted by atomic mass is 32.1. The summed E-state index contributed by atoms with van der Waals surface area (Å²) in [6, 6.07) is 12.4. The molecule has 0 unspecified atom stereocenters. The number of amides is 1. The summed E-state index contributed by atoms with van der Waals surface area (Å²) in [5.41, 5.74) is 1.42. The lowest BCUT2D eigenvalue weighted by atomic mass is 10.1. The number of allylic oxidation sites excluding steroid dienone is 1. The summed E-state index contributed by atoms with van der Waals surface area (Å²) in [6.45, 7) is -0.357. The van der Waals surface area contributed by atoms with Crippen LogP contribution in [0.2, 0.25) is 0 Å². The van der Waals surface area contributed by atoms with Gasteiger partial charge >= 0.3 is 0 Å². The Morgan fingerprint density at radius 3 is 2.27 bits per heavy atom. The van der Waals surface area contributed by atoms with Crippen molar-refractivity contribution in [2.24, 2.45) is 0 Å². The number of methoxy groups -OCH3 is 4. The van der Waals surface area contributed by atoms with Crippen LogP contribution in [0.3, 0.4) is 0 Å². The molecular weight excluding hydrogens is 554 g/mol. The maximum absolute atomic E-state index is 12.9. The molecule has 1 aromatic heterocycles. The average Bonchev–Trinajstić information content (AvgIpc) is 3.39. The third-order valence-electron chi connectivity index (χ3n) is 5.75. The Morgan fingerprint density at radius 1 is 0.927 bits per heavy atom. The summed E-state index contributed by atoms with van der Waals surface area (Å²) < 4.78 is 27.5. The molecule has 0 saturated heterocycles. The van der Waals surface area contributed by atoms with Gasteiger partial charge in [0.05, 0.1) is 43.6 Å². The summed E-state index contributed by atoms with van der Waals surface area (Å²) in [5, 5.41) is 13.9. The van der Waals surface area contributed by atoms with E-state index in [0.717, 1.165) is 11.3 Å². The number of nitrogens with zero attached hydrogens (tertiary/aromatic N) is 2. The Morgan fingerprint density at radius 2 is 1.63 bits per heavy atom. The second-order valence-electron chi connectivity index (χ2n) is 8.29. The average molecular weight is 580 g/mol. The second kappa shape index (κ2) is 12.8. The number of nitro benzene ring substituents is 1. The largest absolute Gasteiger partial charge is 0.493 e. The summed E-state index contributed by atoms with van der Waals surface area (Å²) in [5.74, 6) is 0.970. The molecule has 0 fully saturated rings. The molecule has 0 saturated carbocycles. The SMILES string of the molecule is COc1ccc(/C=C/C(=O)c2cc(OC)c(OC)c(OC)c2)cc1OCC(=O)Nc1nc2ccc([N+](=O)[O-])cc2s1. The summed E-state index contributed by atoms with van der Waals surface area (Å²) in [4.78, 5) is 40.2. The Labute approximate surface area is 238 Å². The van der Waals surface area contributed by atoms with Crippen LogP contribution in [0.4, 0.5) is 10.8 Å². The first kappa shape index (κ1) is 28.8. The van der Waals surface area contributed by atoms with E-state index in [1.165, 1.54) is 52.7 Å². The first-order chi connectivity index (χ1) is 19.8. The number of ketones is 1. The van der Waals surface area contributed by atoms with Crippen LogP contribution >= 0.6 is 11.3 Å². The van der Waals surface area contributed by atoms with Gasteiger partial charge in [-0.15, -0.1) is 0 Å². The highest BCUT2D eigenvalue weighted by molar-refractivity contribution is 7.22. The number of nitrogens with one attached hydrogen (secondary N) is 1. The standard InChI is InChI=1S/C28H25N3O9S/c1-36-21-10-6-16(5-9-20(32)17-12-23(37-2)27(39-4)24(13-17)38-3)11-22(21)40-15-26(33)30-28-29-19-8-7-18(31(34)35)14-25(19)41-28/h5-14H,15H2,1-4H3,(H,29,30,33)/b9-5+. The van der Waals surface area contributed by atoms with Crippen LogP contribution in [0.5, 0.6) is 28.7 Å². The normalized spacial score (nSPS) is 10.8. The van der Waals surface area contributed by atoms with Crippen LogP contribution in [0.25, 0.3) is 16.3 Å². The maximum Gasteiger partial charge on any atom is 0.270 e. The number of hydrogen-bond acceptors (Lipinski definition) is 11. The summed E-state index contributed by atoms with van der Waals surface area (Å²) in [6.07, 6.45) is 2.98. The van der Waals surface area contributed by atoms with Crippen molar-refractivity contribution in [1.82, 2.24) is 4.98 Å². The van der Waals surface area contributed by atoms with Crippen molar-refractivity contribution in [3.63, 3.8) is 0 Å². The molecule has 4 rings (SSSR count). The van der Waals surface area contributed by atoms with Gasteiger partial charge in [0.2, 0.25) is 5.75 Å². The quantitative estimate of drug-likeness (QED) is 0.103. The maximum atomic E-state index is 12.9. The van der Waals surface area contributed by atoms with Gasteiger partial charge in [-0.2, -0.15) is 0 Å². The van der Waals surface area contributed by atoms with E-state index in [-0.39, 0.29) is 29.0 Å². The zero-order valence-electron chi connectivity index (χ0n) is 22.5. The Balaban J connectivity index is 1.44. The van der Waals surface area contributed by atoms with E-state index >= 15 is 0 Å². The highest BCUT2D eigenvalue weighted by Gasteiger charge is 2.16. The van der Waals surface area contributed by atoms with Gasteiger partial charge in [0.25, 0.3) is 11.6 Å². The van der Waals surface area contributed by atoms with Crippen molar-refractivity contribution < 1.29 is 38.2 Å². The topological polar surface area (TPSA) is 148 Å². The number of non-ortho nitro benzene ring substituents is 1. The fraction of sp³-hybridized carbons (Fsp3) is 0.179. The zero-order chi connectivity index (χ0) is 29.5. The molecule has 41 heavy (non-hydrogen) atoms. The van der Waals surface area contributed by atoms with Gasteiger partial charge in [0.1, 0.15) is 0 Å². The van der Waals surface area contributed by atoms with E-state index in [1.807, 2.05) is 0 Å². The molecule has 0 bridgehead atoms. The molecule has 0 aliphatic carbocycles. The summed E-state index contributed by atoms with van der Waals surface area (Å²) in [7, 11) is 5.87. The van der Waals surface area contributed by atoms with Gasteiger partial charge in [-0.1, -0.05) is 23.5 Å². The third kappa shape index (κ3) is 6.70. The second-order valence-corrected chi connectivity index (χ2v) is 9.32. The lowest BCUT2D eigenvalue weighted by Crippen LogP contribution is -2.20. The number of thiazole rings is 1. The minimum Gasteiger partial charge on any atom is -0.493 e. The fourth-order valence-electron chi connectivity index (χ4n) is 3.78. The number of rotatable bonds is 12. The van der Waals surface area contributed by atoms with Crippen molar-refractivity contribution in [3.8, 4) is 28.7 Å². The predicted octanol–water partition coefficient (Wildman–Crippen LogP) is 5.15. The molecule has 0 radical (unpaired) electrons. The smallest absolute Gasteiger partial charge is 0.270 e. The number of hydrogen-bond donors (Lipinski definition) is 1. The highest BCUT2D eigenvalue weighted by Crippen LogP contribution is 2.38. The molecule has 4 aromatic rings. The van der Waals surface area contributed by atoms with E-state index in [4.69, 9.17) is 23.7 Å². The van der Waals surface area contributed by atoms with E-state index in [1.54, 1.807) is 36.4 Å². The monoisotopic (exact) mass is 579 g/mol. The van der Waals surface area contributed by atoms with Gasteiger partial charge in [-0.3, -0.25) is 25.0 Å². The predicted molar refractivity (Wildman–Crippen MR) is 153 cm³/mol. The molecule has 3 aromatic carbocycles. The molecule has 1 N–H and O–H groups in total. The number of benzene rings is 3. The van der Waals surface area contributed by atoms with E-state index < -0.39 is 10.8 Å². The molecule has 0 aliphatic rings. The molecule has 12 nitrogen and oxygen atoms in total. The lowest BCUT2D eigenvalue weighted by Gasteiger charge is -2.13. The fourth-order valence-corrected chi connectivity index (χ4v) is 4.70. The first-order valence-electron chi connectivity index (χ1n) is 11.9. The lowest BCUT2D eigenvalue weighted by molar-refractivity contribution is -0.384. The van der Waals surface area contributed by atoms with Gasteiger partial charge in [0, 0.05) is 17.7 Å². The molecule has 0 spiro atoms. The van der Waals surface area contributed by atoms with Gasteiger partial charge in [0.15, 0.2) is 40.5 Å². The van der Waals surface area contributed by atoms with Crippen LogP contribution in [-0.2, 0) is 4.79 Å². The van der Waals surface area contributed by atoms with Crippen LogP contribution in [0, 0.1) is 10.1 Å². The van der Waals surface area contributed by atoms with E-state index in [9.17, 15) is 19.7 Å². The number of carbonyl (C=O) groups excluding carboxylic acids is 2. The number of nitro groups is 1. The van der Waals surface area contributed by atoms with E-state index in [2.05, 4.69) is 10.3 Å². The van der Waals surface area contributed by atoms with Crippen molar-refractivity contribution >= 4 is 50.1 Å². The molecular formula is C28H25N3O9S. The molecule has 212 valence electrons. The van der Waals surface area contributed by atoms with Crippen LogP contribution in [0.1, 0.15) is 15.9 Å². The zero-order valence-corrected chi connectivity index (χ0v) is 23.3. The van der Waals surface area contributed by atoms with Gasteiger partial charge in [-0.25, -0.2) is 4.98 Å². The Hall–Kier alpha value is -5.17. The number of aromatic nitrogens is 1. The molecule has 0 aliphatic heterocycles. The first-order valence-corrected chi connectivity index (χ1v) is 12.8. The van der Waals surface area contributed by atoms with Crippen molar-refractivity contribution in [1.29, 1.82) is 0 Å². The Bertz CT molecular complexity index is 1620. The molecule has 1 heterocycles. The minimum absolute atomic E-state index is 0.0615. The summed E-state index contributed by atoms with van der Waals surface area (Å²) >= 11 is 1.11. The van der Waals surface area contributed by atoms with E-state index in [0.29, 0.717) is 44.3 Å². The molecule has 13 heteroatoms. The van der Waals surface area contributed by atoms with Crippen molar-refractivity contribution in [2.75, 3.05) is 40.4 Å². The third-order valence-corrected chi connectivity index (χ3v) is 6.69. The number of ether oxygens (including phenoxy) is 5. The minimum atomic E-state index is -0.495.